The van der Waals surface area contributed by atoms with Crippen molar-refractivity contribution in [2.45, 2.75) is 25.9 Å². The number of amides is 4. The van der Waals surface area contributed by atoms with Gasteiger partial charge in [0.1, 0.15) is 0 Å². The first-order valence-electron chi connectivity index (χ1n) is 10.2. The van der Waals surface area contributed by atoms with Crippen LogP contribution in [0.5, 0.6) is 0 Å². The normalized spacial score (nSPS) is 14.1. The molecule has 1 heterocycles. The summed E-state index contributed by atoms with van der Waals surface area (Å²) in [6, 6.07) is 6.93. The molecule has 1 aliphatic rings. The smallest absolute Gasteiger partial charge is 0.338 e. The van der Waals surface area contributed by atoms with E-state index in [4.69, 9.17) is 4.74 Å². The van der Waals surface area contributed by atoms with Crippen LogP contribution in [0.25, 0.3) is 0 Å². The van der Waals surface area contributed by atoms with Crippen molar-refractivity contribution in [3.63, 3.8) is 0 Å². The summed E-state index contributed by atoms with van der Waals surface area (Å²) in [5.41, 5.74) is 2.18. The van der Waals surface area contributed by atoms with Crippen LogP contribution < -0.4 is 21.1 Å². The van der Waals surface area contributed by atoms with E-state index in [9.17, 15) is 37.1 Å². The van der Waals surface area contributed by atoms with Gasteiger partial charge in [-0.3, -0.25) is 24.6 Å². The Balaban J connectivity index is 1.50. The van der Waals surface area contributed by atoms with E-state index in [-0.39, 0.29) is 30.2 Å². The Morgan fingerprint density at radius 3 is 2.40 bits per heavy atom. The quantitative estimate of drug-likeness (QED) is 0.397. The molecule has 2 aromatic rings. The van der Waals surface area contributed by atoms with Gasteiger partial charge in [0.05, 0.1) is 23.5 Å². The molecule has 35 heavy (non-hydrogen) atoms. The number of hydrogen-bond acceptors (Lipinski definition) is 6. The molecule has 1 fully saturated rings. The molecule has 0 aromatic heterocycles. The number of carbonyl (C=O) groups excluding carboxylic acids is 5. The number of carbonyl (C=O) groups is 5. The minimum atomic E-state index is -1.76. The highest BCUT2D eigenvalue weighted by atomic mass is 19.2. The van der Waals surface area contributed by atoms with Gasteiger partial charge in [0.2, 0.25) is 17.7 Å². The zero-order chi connectivity index (χ0) is 25.7. The van der Waals surface area contributed by atoms with E-state index in [1.54, 1.807) is 0 Å². The molecule has 10 nitrogen and oxygen atoms in total. The summed E-state index contributed by atoms with van der Waals surface area (Å²) in [4.78, 5) is 59.7. The van der Waals surface area contributed by atoms with Crippen molar-refractivity contribution in [2.24, 2.45) is 0 Å². The first-order valence-corrected chi connectivity index (χ1v) is 10.2. The van der Waals surface area contributed by atoms with Crippen molar-refractivity contribution < 1.29 is 41.9 Å². The molecule has 13 heteroatoms. The van der Waals surface area contributed by atoms with Crippen LogP contribution >= 0.6 is 0 Å². The molecule has 3 rings (SSSR count). The van der Waals surface area contributed by atoms with Gasteiger partial charge in [0.25, 0.3) is 5.91 Å². The zero-order valence-electron chi connectivity index (χ0n) is 18.2. The fraction of sp³-hybridized carbons (Fsp3) is 0.227. The van der Waals surface area contributed by atoms with Gasteiger partial charge in [-0.2, -0.15) is 0 Å². The van der Waals surface area contributed by atoms with Crippen LogP contribution in [0.2, 0.25) is 0 Å². The molecule has 2 aromatic carbocycles. The number of benzene rings is 2. The number of hydrogen-bond donors (Lipinski definition) is 3. The molecule has 0 aliphatic carbocycles. The summed E-state index contributed by atoms with van der Waals surface area (Å²) in [6.07, 6.45) is -1.18. The van der Waals surface area contributed by atoms with Crippen LogP contribution in [0.15, 0.2) is 36.4 Å². The Hall–Kier alpha value is -4.42. The molecule has 184 valence electrons. The fourth-order valence-corrected chi connectivity index (χ4v) is 2.94. The first kappa shape index (κ1) is 25.2. The second-order valence-electron chi connectivity index (χ2n) is 7.35. The van der Waals surface area contributed by atoms with E-state index < -0.39 is 53.6 Å². The lowest BCUT2D eigenvalue weighted by Crippen LogP contribution is -2.50. The Labute approximate surface area is 196 Å². The zero-order valence-corrected chi connectivity index (χ0v) is 18.2. The summed E-state index contributed by atoms with van der Waals surface area (Å²) >= 11 is 0. The molecule has 1 aliphatic heterocycles. The third-order valence-corrected chi connectivity index (χ3v) is 4.80. The van der Waals surface area contributed by atoms with Gasteiger partial charge in [-0.15, -0.1) is 0 Å². The molecule has 0 radical (unpaired) electrons. The van der Waals surface area contributed by atoms with Crippen LogP contribution in [0.1, 0.15) is 30.1 Å². The number of esters is 1. The van der Waals surface area contributed by atoms with Crippen LogP contribution in [-0.4, -0.2) is 42.2 Å². The van der Waals surface area contributed by atoms with E-state index >= 15 is 0 Å². The average molecular weight is 492 g/mol. The largest absolute Gasteiger partial charge is 0.449 e. The summed E-state index contributed by atoms with van der Waals surface area (Å²) in [5.74, 6) is -8.07. The Bertz CT molecular complexity index is 1190. The van der Waals surface area contributed by atoms with E-state index in [1.165, 1.54) is 31.2 Å². The van der Waals surface area contributed by atoms with Crippen LogP contribution in [0.4, 0.5) is 24.5 Å². The Morgan fingerprint density at radius 1 is 1.03 bits per heavy atom. The van der Waals surface area contributed by atoms with E-state index in [0.717, 1.165) is 11.1 Å². The molecule has 4 amide bonds. The minimum absolute atomic E-state index is 0.0516. The minimum Gasteiger partial charge on any atom is -0.449 e. The third-order valence-electron chi connectivity index (χ3n) is 4.80. The molecule has 1 saturated heterocycles. The molecule has 3 N–H and O–H groups in total. The average Bonchev–Trinajstić information content (AvgIpc) is 2.84. The van der Waals surface area contributed by atoms with Crippen molar-refractivity contribution in [1.29, 1.82) is 0 Å². The summed E-state index contributed by atoms with van der Waals surface area (Å²) in [7, 11) is 0. The molecule has 1 atom stereocenters. The molecular formula is C22H19F3N4O6. The number of halogens is 3. The summed E-state index contributed by atoms with van der Waals surface area (Å²) in [6.45, 7) is 0.583. The van der Waals surface area contributed by atoms with Crippen molar-refractivity contribution in [3.8, 4) is 0 Å². The second kappa shape index (κ2) is 10.7. The lowest BCUT2D eigenvalue weighted by Gasteiger charge is -2.27. The van der Waals surface area contributed by atoms with Crippen LogP contribution in [0.3, 0.4) is 0 Å². The highest BCUT2D eigenvalue weighted by molar-refractivity contribution is 6.01. The maximum atomic E-state index is 13.6. The first-order chi connectivity index (χ1) is 16.6. The number of nitrogens with one attached hydrogen (secondary N) is 3. The fourth-order valence-electron chi connectivity index (χ4n) is 2.94. The van der Waals surface area contributed by atoms with Crippen LogP contribution in [-0.2, 0) is 23.9 Å². The standard InChI is InChI=1S/C22H19F3N4O6/c1-11(21(33)26-10-17(31)27-15-7-6-14(23)19(24)20(15)25)35-22(34)12-2-4-13(5-3-12)29-18(32)9-8-16(30)28-29/h2-7,11H,8-10H2,1H3,(H,26,33)(H,27,31)(H,28,30). The van der Waals surface area contributed by atoms with E-state index in [0.29, 0.717) is 11.8 Å². The number of anilines is 2. The Morgan fingerprint density at radius 2 is 1.71 bits per heavy atom. The van der Waals surface area contributed by atoms with Crippen LogP contribution in [0, 0.1) is 17.5 Å². The second-order valence-corrected chi connectivity index (χ2v) is 7.35. The summed E-state index contributed by atoms with van der Waals surface area (Å²) in [5, 5.41) is 5.21. The van der Waals surface area contributed by atoms with Gasteiger partial charge in [0.15, 0.2) is 23.6 Å². The number of hydrazine groups is 1. The van der Waals surface area contributed by atoms with Gasteiger partial charge >= 0.3 is 5.97 Å². The highest BCUT2D eigenvalue weighted by Gasteiger charge is 2.25. The molecular weight excluding hydrogens is 473 g/mol. The SMILES string of the molecule is CC(OC(=O)c1ccc(N2NC(=O)CCC2=O)cc1)C(=O)NCC(=O)Nc1ccc(F)c(F)c1F. The van der Waals surface area contributed by atoms with E-state index in [2.05, 4.69) is 10.7 Å². The maximum Gasteiger partial charge on any atom is 0.338 e. The number of ether oxygens (including phenoxy) is 1. The van der Waals surface area contributed by atoms with E-state index in [1.807, 2.05) is 5.32 Å². The van der Waals surface area contributed by atoms with Gasteiger partial charge in [-0.1, -0.05) is 0 Å². The van der Waals surface area contributed by atoms with Crippen molar-refractivity contribution in [1.82, 2.24) is 10.7 Å². The predicted octanol–water partition coefficient (Wildman–Crippen LogP) is 1.56. The maximum absolute atomic E-state index is 13.6. The topological polar surface area (TPSA) is 134 Å². The summed E-state index contributed by atoms with van der Waals surface area (Å²) < 4.78 is 44.8. The van der Waals surface area contributed by atoms with Gasteiger partial charge in [-0.25, -0.2) is 23.0 Å². The molecule has 1 unspecified atom stereocenters. The molecule has 0 saturated carbocycles. The van der Waals surface area contributed by atoms with Crippen molar-refractivity contribution in [3.05, 3.63) is 59.4 Å². The number of nitrogens with zero attached hydrogens (tertiary/aromatic N) is 1. The van der Waals surface area contributed by atoms with Crippen molar-refractivity contribution in [2.75, 3.05) is 16.9 Å². The van der Waals surface area contributed by atoms with Gasteiger partial charge < -0.3 is 15.4 Å². The van der Waals surface area contributed by atoms with Crippen molar-refractivity contribution >= 4 is 41.0 Å². The lowest BCUT2D eigenvalue weighted by atomic mass is 10.1. The Kier molecular flexibility index (Phi) is 7.69. The highest BCUT2D eigenvalue weighted by Crippen LogP contribution is 2.20. The lowest BCUT2D eigenvalue weighted by molar-refractivity contribution is -0.130. The molecule has 0 spiro atoms. The molecule has 0 bridgehead atoms. The van der Waals surface area contributed by atoms with Gasteiger partial charge in [-0.05, 0) is 43.3 Å². The third kappa shape index (κ3) is 6.13. The monoisotopic (exact) mass is 492 g/mol. The van der Waals surface area contributed by atoms with Gasteiger partial charge in [0, 0.05) is 12.8 Å². The number of rotatable bonds is 7. The predicted molar refractivity (Wildman–Crippen MR) is 114 cm³/mol.